The molecule has 13 heavy (non-hydrogen) atoms. The highest BCUT2D eigenvalue weighted by molar-refractivity contribution is 9.10. The summed E-state index contributed by atoms with van der Waals surface area (Å²) in [5, 5.41) is 9.32. The van der Waals surface area contributed by atoms with Gasteiger partial charge in [0.2, 0.25) is 0 Å². The van der Waals surface area contributed by atoms with Gasteiger partial charge in [-0.3, -0.25) is 0 Å². The molecule has 3 N–H and O–H groups in total. The van der Waals surface area contributed by atoms with Crippen LogP contribution in [0.1, 0.15) is 11.7 Å². The van der Waals surface area contributed by atoms with Crippen LogP contribution in [-0.4, -0.2) is 11.7 Å². The summed E-state index contributed by atoms with van der Waals surface area (Å²) in [5.41, 5.74) is 5.63. The zero-order chi connectivity index (χ0) is 10.0. The van der Waals surface area contributed by atoms with Crippen molar-refractivity contribution in [3.05, 3.63) is 33.0 Å². The lowest BCUT2D eigenvalue weighted by Crippen LogP contribution is -2.11. The van der Waals surface area contributed by atoms with Crippen molar-refractivity contribution < 1.29 is 9.50 Å². The minimum atomic E-state index is -0.858. The molecule has 0 saturated heterocycles. The second-order valence-corrected chi connectivity index (χ2v) is 3.78. The predicted molar refractivity (Wildman–Crippen MR) is 53.1 cm³/mol. The molecule has 1 aromatic carbocycles. The average molecular weight is 269 g/mol. The van der Waals surface area contributed by atoms with Crippen LogP contribution < -0.4 is 5.73 Å². The molecule has 72 valence electrons. The van der Waals surface area contributed by atoms with Crippen LogP contribution in [0.15, 0.2) is 16.6 Å². The molecular formula is C8H8BrClFNO. The number of rotatable bonds is 2. The van der Waals surface area contributed by atoms with Gasteiger partial charge in [0, 0.05) is 11.0 Å². The molecule has 1 atom stereocenters. The molecule has 0 spiro atoms. The Balaban J connectivity index is 3.13. The van der Waals surface area contributed by atoms with E-state index in [0.29, 0.717) is 10.0 Å². The van der Waals surface area contributed by atoms with Crippen LogP contribution in [0.4, 0.5) is 4.39 Å². The Bertz CT molecular complexity index is 298. The first-order chi connectivity index (χ1) is 6.06. The minimum Gasteiger partial charge on any atom is -0.387 e. The van der Waals surface area contributed by atoms with E-state index in [2.05, 4.69) is 15.9 Å². The SMILES string of the molecule is NCC(O)c1cc(F)c(Cl)c(Br)c1. The van der Waals surface area contributed by atoms with E-state index in [1.807, 2.05) is 0 Å². The van der Waals surface area contributed by atoms with E-state index in [0.717, 1.165) is 0 Å². The Morgan fingerprint density at radius 2 is 2.23 bits per heavy atom. The van der Waals surface area contributed by atoms with Crippen molar-refractivity contribution in [2.24, 2.45) is 5.73 Å². The van der Waals surface area contributed by atoms with Crippen LogP contribution in [-0.2, 0) is 0 Å². The molecule has 0 bridgehead atoms. The van der Waals surface area contributed by atoms with E-state index in [4.69, 9.17) is 17.3 Å². The number of benzene rings is 1. The van der Waals surface area contributed by atoms with E-state index >= 15 is 0 Å². The molecule has 0 aromatic heterocycles. The maximum Gasteiger partial charge on any atom is 0.143 e. The quantitative estimate of drug-likeness (QED) is 0.808. The minimum absolute atomic E-state index is 0.00738. The van der Waals surface area contributed by atoms with Gasteiger partial charge < -0.3 is 10.8 Å². The molecule has 5 heteroatoms. The Kier molecular flexibility index (Phi) is 3.67. The average Bonchev–Trinajstić information content (AvgIpc) is 2.12. The first-order valence-corrected chi connectivity index (χ1v) is 4.76. The smallest absolute Gasteiger partial charge is 0.143 e. The van der Waals surface area contributed by atoms with Gasteiger partial charge in [0.1, 0.15) is 5.82 Å². The molecule has 1 unspecified atom stereocenters. The molecule has 0 amide bonds. The summed E-state index contributed by atoms with van der Waals surface area (Å²) in [5.74, 6) is -0.571. The fourth-order valence-corrected chi connectivity index (χ4v) is 1.47. The van der Waals surface area contributed by atoms with Crippen molar-refractivity contribution in [1.82, 2.24) is 0 Å². The molecule has 0 saturated carbocycles. The second kappa shape index (κ2) is 4.37. The Morgan fingerprint density at radius 1 is 1.62 bits per heavy atom. The van der Waals surface area contributed by atoms with Gasteiger partial charge in [-0.05, 0) is 33.6 Å². The van der Waals surface area contributed by atoms with Crippen LogP contribution >= 0.6 is 27.5 Å². The third kappa shape index (κ3) is 2.40. The van der Waals surface area contributed by atoms with Crippen molar-refractivity contribution in [2.75, 3.05) is 6.54 Å². The summed E-state index contributed by atoms with van der Waals surface area (Å²) in [6.07, 6.45) is -0.858. The molecule has 0 aliphatic rings. The monoisotopic (exact) mass is 267 g/mol. The predicted octanol–water partition coefficient (Wildman–Crippen LogP) is 2.23. The number of halogens is 3. The largest absolute Gasteiger partial charge is 0.387 e. The van der Waals surface area contributed by atoms with Gasteiger partial charge >= 0.3 is 0 Å². The zero-order valence-electron chi connectivity index (χ0n) is 6.60. The Morgan fingerprint density at radius 3 is 2.69 bits per heavy atom. The molecule has 1 rings (SSSR count). The highest BCUT2D eigenvalue weighted by Gasteiger charge is 2.11. The standard InChI is InChI=1S/C8H8BrClFNO/c9-5-1-4(7(13)3-12)2-6(11)8(5)10/h1-2,7,13H,3,12H2. The van der Waals surface area contributed by atoms with Gasteiger partial charge in [-0.25, -0.2) is 4.39 Å². The van der Waals surface area contributed by atoms with E-state index < -0.39 is 11.9 Å². The number of aliphatic hydroxyl groups excluding tert-OH is 1. The number of aliphatic hydroxyl groups is 1. The summed E-state index contributed by atoms with van der Waals surface area (Å²) < 4.78 is 13.4. The van der Waals surface area contributed by atoms with E-state index in [1.165, 1.54) is 6.07 Å². The first-order valence-electron chi connectivity index (χ1n) is 3.59. The molecule has 2 nitrogen and oxygen atoms in total. The topological polar surface area (TPSA) is 46.2 Å². The second-order valence-electron chi connectivity index (χ2n) is 2.55. The third-order valence-electron chi connectivity index (χ3n) is 1.61. The lowest BCUT2D eigenvalue weighted by Gasteiger charge is -2.09. The van der Waals surface area contributed by atoms with Crippen LogP contribution in [0, 0.1) is 5.82 Å². The van der Waals surface area contributed by atoms with E-state index in [-0.39, 0.29) is 11.6 Å². The summed E-state index contributed by atoms with van der Waals surface area (Å²) in [7, 11) is 0. The van der Waals surface area contributed by atoms with Crippen molar-refractivity contribution in [3.8, 4) is 0 Å². The zero-order valence-corrected chi connectivity index (χ0v) is 8.94. The third-order valence-corrected chi connectivity index (χ3v) is 2.85. The van der Waals surface area contributed by atoms with Crippen molar-refractivity contribution >= 4 is 27.5 Å². The summed E-state index contributed by atoms with van der Waals surface area (Å²) in [4.78, 5) is 0. The van der Waals surface area contributed by atoms with Crippen LogP contribution in [0.25, 0.3) is 0 Å². The highest BCUT2D eigenvalue weighted by Crippen LogP contribution is 2.28. The van der Waals surface area contributed by atoms with Crippen molar-refractivity contribution in [1.29, 1.82) is 0 Å². The summed E-state index contributed by atoms with van der Waals surface area (Å²) in [6.45, 7) is 0.0491. The Labute approximate surface area is 88.6 Å². The van der Waals surface area contributed by atoms with Crippen LogP contribution in [0.2, 0.25) is 5.02 Å². The first kappa shape index (κ1) is 10.9. The fourth-order valence-electron chi connectivity index (χ4n) is 0.904. The molecule has 0 fully saturated rings. The molecule has 0 heterocycles. The normalized spacial score (nSPS) is 13.0. The molecular weight excluding hydrogens is 260 g/mol. The molecule has 0 aliphatic carbocycles. The van der Waals surface area contributed by atoms with Crippen molar-refractivity contribution in [3.63, 3.8) is 0 Å². The maximum atomic E-state index is 13.0. The number of hydrogen-bond donors (Lipinski definition) is 2. The summed E-state index contributed by atoms with van der Waals surface area (Å²) in [6, 6.07) is 2.72. The van der Waals surface area contributed by atoms with Gasteiger partial charge in [0.25, 0.3) is 0 Å². The number of hydrogen-bond acceptors (Lipinski definition) is 2. The van der Waals surface area contributed by atoms with Crippen LogP contribution in [0.3, 0.4) is 0 Å². The lowest BCUT2D eigenvalue weighted by atomic mass is 10.1. The van der Waals surface area contributed by atoms with Gasteiger partial charge in [0.15, 0.2) is 0 Å². The highest BCUT2D eigenvalue weighted by atomic mass is 79.9. The van der Waals surface area contributed by atoms with Gasteiger partial charge in [-0.1, -0.05) is 11.6 Å². The molecule has 0 radical (unpaired) electrons. The van der Waals surface area contributed by atoms with Gasteiger partial charge in [-0.15, -0.1) is 0 Å². The summed E-state index contributed by atoms with van der Waals surface area (Å²) >= 11 is 8.63. The van der Waals surface area contributed by atoms with Gasteiger partial charge in [0.05, 0.1) is 11.1 Å². The maximum absolute atomic E-state index is 13.0. The van der Waals surface area contributed by atoms with E-state index in [9.17, 15) is 9.50 Å². The molecule has 1 aromatic rings. The van der Waals surface area contributed by atoms with Gasteiger partial charge in [-0.2, -0.15) is 0 Å². The van der Waals surface area contributed by atoms with Crippen LogP contribution in [0.5, 0.6) is 0 Å². The number of nitrogens with two attached hydrogens (primary N) is 1. The van der Waals surface area contributed by atoms with E-state index in [1.54, 1.807) is 6.07 Å². The lowest BCUT2D eigenvalue weighted by molar-refractivity contribution is 0.186. The fraction of sp³-hybridized carbons (Fsp3) is 0.250. The van der Waals surface area contributed by atoms with Crippen molar-refractivity contribution in [2.45, 2.75) is 6.10 Å². The molecule has 0 aliphatic heterocycles. The Hall–Kier alpha value is -0.160.